The van der Waals surface area contributed by atoms with Crippen molar-refractivity contribution in [3.05, 3.63) is 48.5 Å². The molecule has 2 aromatic rings. The number of rotatable bonds is 13. The first-order chi connectivity index (χ1) is 18.5. The minimum atomic E-state index is -0.200. The van der Waals surface area contributed by atoms with Crippen molar-refractivity contribution in [2.24, 2.45) is 0 Å². The quantitative estimate of drug-likeness (QED) is 0.366. The first-order valence-electron chi connectivity index (χ1n) is 13.9. The number of nitrogens with one attached hydrogen (secondary N) is 2. The van der Waals surface area contributed by atoms with Crippen LogP contribution in [0, 0.1) is 0 Å². The average Bonchev–Trinajstić information content (AvgIpc) is 2.93. The maximum absolute atomic E-state index is 12.3. The Morgan fingerprint density at radius 1 is 0.658 bits per heavy atom. The lowest BCUT2D eigenvalue weighted by molar-refractivity contribution is -0.123. The van der Waals surface area contributed by atoms with E-state index in [1.165, 1.54) is 0 Å². The van der Waals surface area contributed by atoms with Gasteiger partial charge in [0.15, 0.2) is 35.2 Å². The van der Waals surface area contributed by atoms with Gasteiger partial charge in [-0.1, -0.05) is 49.9 Å². The van der Waals surface area contributed by atoms with Gasteiger partial charge in [-0.25, -0.2) is 0 Å². The van der Waals surface area contributed by atoms with Crippen LogP contribution >= 0.6 is 0 Å². The van der Waals surface area contributed by atoms with Gasteiger partial charge in [-0.3, -0.25) is 9.59 Å². The van der Waals surface area contributed by atoms with Gasteiger partial charge in [0.1, 0.15) is 13.2 Å². The molecule has 2 amide bonds. The topological polar surface area (TPSA) is 95.1 Å². The Balaban J connectivity index is 1.000. The maximum atomic E-state index is 12.3. The largest absolute Gasteiger partial charge is 0.486 e. The molecule has 2 heterocycles. The number of benzene rings is 2. The van der Waals surface area contributed by atoms with Crippen molar-refractivity contribution in [1.82, 2.24) is 10.6 Å². The number of carbonyl (C=O) groups excluding carboxylic acids is 2. The van der Waals surface area contributed by atoms with Crippen molar-refractivity contribution in [3.8, 4) is 23.0 Å². The van der Waals surface area contributed by atoms with Crippen LogP contribution in [0.15, 0.2) is 48.5 Å². The van der Waals surface area contributed by atoms with Crippen molar-refractivity contribution < 1.29 is 28.5 Å². The van der Waals surface area contributed by atoms with E-state index in [1.54, 1.807) is 0 Å². The van der Waals surface area contributed by atoms with Gasteiger partial charge in [-0.05, 0) is 51.0 Å². The van der Waals surface area contributed by atoms with Crippen LogP contribution in [0.25, 0.3) is 0 Å². The van der Waals surface area contributed by atoms with Gasteiger partial charge in [0.25, 0.3) is 0 Å². The van der Waals surface area contributed by atoms with Crippen LogP contribution in [0.2, 0.25) is 0 Å². The first kappa shape index (κ1) is 27.6. The molecule has 4 rings (SSSR count). The van der Waals surface area contributed by atoms with E-state index in [9.17, 15) is 9.59 Å². The minimum Gasteiger partial charge on any atom is -0.486 e. The molecule has 0 spiro atoms. The van der Waals surface area contributed by atoms with Crippen LogP contribution in [0.1, 0.15) is 65.2 Å². The smallest absolute Gasteiger partial charge is 0.220 e. The number of ether oxygens (including phenoxy) is 4. The molecule has 0 aromatic heterocycles. The molecule has 2 aliphatic rings. The van der Waals surface area contributed by atoms with Crippen LogP contribution in [0.4, 0.5) is 0 Å². The van der Waals surface area contributed by atoms with Gasteiger partial charge >= 0.3 is 0 Å². The fourth-order valence-corrected chi connectivity index (χ4v) is 4.68. The van der Waals surface area contributed by atoms with Crippen LogP contribution in [-0.4, -0.2) is 49.3 Å². The highest BCUT2D eigenvalue weighted by molar-refractivity contribution is 5.76. The van der Waals surface area contributed by atoms with E-state index in [-0.39, 0.29) is 36.1 Å². The van der Waals surface area contributed by atoms with Gasteiger partial charge in [0, 0.05) is 12.8 Å². The molecule has 8 nitrogen and oxygen atoms in total. The standard InChI is InChI=1S/C30H40N2O6/c1-21(27-19-35-23-13-9-11-15-25(23)37-27)31-29(33)17-7-5-3-4-6-8-18-30(34)32-22(2)28-20-36-24-14-10-12-16-26(24)38-28/h9-16,21-22,27-28H,3-8,17-20H2,1-2H3,(H,31,33)(H,32,34)/t21-,22-,27+,28+/m1/s1. The predicted octanol–water partition coefficient (Wildman–Crippen LogP) is 4.80. The maximum Gasteiger partial charge on any atom is 0.220 e. The number of amides is 2. The van der Waals surface area contributed by atoms with E-state index in [4.69, 9.17) is 18.9 Å². The van der Waals surface area contributed by atoms with Crippen LogP contribution < -0.4 is 29.6 Å². The molecule has 8 heteroatoms. The van der Waals surface area contributed by atoms with Gasteiger partial charge in [-0.15, -0.1) is 0 Å². The number of para-hydroxylation sites is 4. The molecule has 2 aliphatic heterocycles. The molecule has 0 radical (unpaired) electrons. The molecule has 0 saturated carbocycles. The lowest BCUT2D eigenvalue weighted by Crippen LogP contribution is -2.48. The van der Waals surface area contributed by atoms with E-state index in [0.29, 0.717) is 26.1 Å². The highest BCUT2D eigenvalue weighted by Gasteiger charge is 2.28. The zero-order valence-electron chi connectivity index (χ0n) is 22.4. The highest BCUT2D eigenvalue weighted by Crippen LogP contribution is 2.32. The Kier molecular flexibility index (Phi) is 10.1. The fourth-order valence-electron chi connectivity index (χ4n) is 4.68. The third-order valence-electron chi connectivity index (χ3n) is 7.01. The summed E-state index contributed by atoms with van der Waals surface area (Å²) in [5.74, 6) is 3.01. The summed E-state index contributed by atoms with van der Waals surface area (Å²) in [5.41, 5.74) is 0. The Labute approximate surface area is 225 Å². The zero-order chi connectivity index (χ0) is 26.7. The predicted molar refractivity (Wildman–Crippen MR) is 145 cm³/mol. The molecule has 0 aliphatic carbocycles. The highest BCUT2D eigenvalue weighted by atomic mass is 16.6. The molecular weight excluding hydrogens is 484 g/mol. The molecule has 38 heavy (non-hydrogen) atoms. The average molecular weight is 525 g/mol. The Hall–Kier alpha value is -3.42. The molecular formula is C30H40N2O6. The first-order valence-corrected chi connectivity index (χ1v) is 13.9. The third kappa shape index (κ3) is 8.04. The van der Waals surface area contributed by atoms with E-state index < -0.39 is 0 Å². The van der Waals surface area contributed by atoms with Crippen molar-refractivity contribution in [1.29, 1.82) is 0 Å². The Bertz CT molecular complexity index is 977. The van der Waals surface area contributed by atoms with Crippen molar-refractivity contribution in [2.45, 2.75) is 89.5 Å². The normalized spacial score (nSPS) is 19.2. The van der Waals surface area contributed by atoms with Crippen LogP contribution in [-0.2, 0) is 9.59 Å². The summed E-state index contributed by atoms with van der Waals surface area (Å²) < 4.78 is 23.4. The number of hydrogen-bond acceptors (Lipinski definition) is 6. The molecule has 4 atom stereocenters. The summed E-state index contributed by atoms with van der Waals surface area (Å²) in [6.45, 7) is 4.75. The van der Waals surface area contributed by atoms with Crippen molar-refractivity contribution >= 4 is 11.8 Å². The summed E-state index contributed by atoms with van der Waals surface area (Å²) in [5, 5.41) is 6.09. The molecule has 0 saturated heterocycles. The Morgan fingerprint density at radius 3 is 1.45 bits per heavy atom. The third-order valence-corrected chi connectivity index (χ3v) is 7.01. The van der Waals surface area contributed by atoms with E-state index in [1.807, 2.05) is 62.4 Å². The molecule has 206 valence electrons. The molecule has 2 aromatic carbocycles. The number of carbonyl (C=O) groups is 2. The number of fused-ring (bicyclic) bond motifs is 2. The summed E-state index contributed by atoms with van der Waals surface area (Å²) in [7, 11) is 0. The second-order valence-electron chi connectivity index (χ2n) is 10.2. The van der Waals surface area contributed by atoms with Crippen LogP contribution in [0.3, 0.4) is 0 Å². The summed E-state index contributed by atoms with van der Waals surface area (Å²) in [6, 6.07) is 14.9. The lowest BCUT2D eigenvalue weighted by Gasteiger charge is -2.30. The SMILES string of the molecule is C[C@@H](NC(=O)CCCCCCCCC(=O)N[C@H](C)[C@@H]1COc2ccccc2O1)[C@@H]1COc2ccccc2O1. The van der Waals surface area contributed by atoms with E-state index in [2.05, 4.69) is 10.6 Å². The zero-order valence-corrected chi connectivity index (χ0v) is 22.4. The lowest BCUT2D eigenvalue weighted by atomic mass is 10.1. The van der Waals surface area contributed by atoms with Gasteiger partial charge in [0.05, 0.1) is 12.1 Å². The molecule has 0 bridgehead atoms. The molecule has 0 fully saturated rings. The van der Waals surface area contributed by atoms with Gasteiger partial charge in [0.2, 0.25) is 11.8 Å². The summed E-state index contributed by atoms with van der Waals surface area (Å²) in [6.07, 6.45) is 6.45. The fraction of sp³-hybridized carbons (Fsp3) is 0.533. The number of hydrogen-bond donors (Lipinski definition) is 2. The molecule has 0 unspecified atom stereocenters. The minimum absolute atomic E-state index is 0.0431. The Morgan fingerprint density at radius 2 is 1.03 bits per heavy atom. The van der Waals surface area contributed by atoms with Gasteiger partial charge in [-0.2, -0.15) is 0 Å². The monoisotopic (exact) mass is 524 g/mol. The molecule has 2 N–H and O–H groups in total. The van der Waals surface area contributed by atoms with Crippen LogP contribution in [0.5, 0.6) is 23.0 Å². The van der Waals surface area contributed by atoms with E-state index in [0.717, 1.165) is 61.5 Å². The van der Waals surface area contributed by atoms with Gasteiger partial charge < -0.3 is 29.6 Å². The summed E-state index contributed by atoms with van der Waals surface area (Å²) in [4.78, 5) is 24.7. The van der Waals surface area contributed by atoms with Crippen molar-refractivity contribution in [2.75, 3.05) is 13.2 Å². The van der Waals surface area contributed by atoms with E-state index >= 15 is 0 Å². The van der Waals surface area contributed by atoms with Crippen molar-refractivity contribution in [3.63, 3.8) is 0 Å². The second-order valence-corrected chi connectivity index (χ2v) is 10.2. The summed E-state index contributed by atoms with van der Waals surface area (Å²) >= 11 is 0. The number of unbranched alkanes of at least 4 members (excludes halogenated alkanes) is 5. The second kappa shape index (κ2) is 13.9.